The van der Waals surface area contributed by atoms with E-state index in [9.17, 15) is 9.59 Å². The van der Waals surface area contributed by atoms with E-state index in [1.807, 2.05) is 6.07 Å². The van der Waals surface area contributed by atoms with Crippen LogP contribution in [0.2, 0.25) is 0 Å². The summed E-state index contributed by atoms with van der Waals surface area (Å²) in [5, 5.41) is 0. The Bertz CT molecular complexity index is 579. The molecule has 0 N–H and O–H groups in total. The maximum absolute atomic E-state index is 11.7. The van der Waals surface area contributed by atoms with Crippen LogP contribution >= 0.6 is 22.6 Å². The van der Waals surface area contributed by atoms with Crippen molar-refractivity contribution in [3.05, 3.63) is 69.3 Å². The highest BCUT2D eigenvalue weighted by Gasteiger charge is 2.14. The molecular weight excluding hydrogens is 343 g/mol. The van der Waals surface area contributed by atoms with Crippen LogP contribution in [-0.2, 0) is 4.74 Å². The first-order valence-electron chi connectivity index (χ1n) is 5.24. The van der Waals surface area contributed by atoms with Crippen molar-refractivity contribution in [2.24, 2.45) is 0 Å². The van der Waals surface area contributed by atoms with Gasteiger partial charge >= 0.3 is 11.9 Å². The standard InChI is InChI=1S/C14H9IO3/c15-12-8-4-7-11(9-12)14(17)18-13(16)10-5-2-1-3-6-10/h1-9H. The van der Waals surface area contributed by atoms with Gasteiger partial charge < -0.3 is 4.74 Å². The summed E-state index contributed by atoms with van der Waals surface area (Å²) in [6.07, 6.45) is 0. The van der Waals surface area contributed by atoms with E-state index in [2.05, 4.69) is 22.6 Å². The second-order valence-corrected chi connectivity index (χ2v) is 4.80. The highest BCUT2D eigenvalue weighted by molar-refractivity contribution is 14.1. The first-order chi connectivity index (χ1) is 8.66. The molecule has 0 unspecified atom stereocenters. The van der Waals surface area contributed by atoms with Gasteiger partial charge in [0.15, 0.2) is 0 Å². The van der Waals surface area contributed by atoms with E-state index < -0.39 is 11.9 Å². The van der Waals surface area contributed by atoms with Crippen molar-refractivity contribution in [2.45, 2.75) is 0 Å². The fraction of sp³-hybridized carbons (Fsp3) is 0. The number of hydrogen-bond acceptors (Lipinski definition) is 3. The highest BCUT2D eigenvalue weighted by atomic mass is 127. The zero-order chi connectivity index (χ0) is 13.0. The largest absolute Gasteiger partial charge is 0.386 e. The van der Waals surface area contributed by atoms with Crippen LogP contribution in [0.5, 0.6) is 0 Å². The van der Waals surface area contributed by atoms with Crippen LogP contribution in [0.25, 0.3) is 0 Å². The van der Waals surface area contributed by atoms with Gasteiger partial charge in [0.2, 0.25) is 0 Å². The Morgan fingerprint density at radius 1 is 0.833 bits per heavy atom. The van der Waals surface area contributed by atoms with E-state index in [0.29, 0.717) is 11.1 Å². The zero-order valence-electron chi connectivity index (χ0n) is 9.30. The van der Waals surface area contributed by atoms with Gasteiger partial charge in [0.25, 0.3) is 0 Å². The molecule has 18 heavy (non-hydrogen) atoms. The lowest BCUT2D eigenvalue weighted by Crippen LogP contribution is -2.12. The molecule has 0 amide bonds. The minimum atomic E-state index is -0.639. The van der Waals surface area contributed by atoms with E-state index >= 15 is 0 Å². The first kappa shape index (κ1) is 12.8. The lowest BCUT2D eigenvalue weighted by Gasteiger charge is -2.03. The number of carbonyl (C=O) groups is 2. The van der Waals surface area contributed by atoms with Gasteiger partial charge in [0, 0.05) is 3.57 Å². The number of hydrogen-bond donors (Lipinski definition) is 0. The summed E-state index contributed by atoms with van der Waals surface area (Å²) < 4.78 is 5.71. The second kappa shape index (κ2) is 5.77. The van der Waals surface area contributed by atoms with Crippen LogP contribution in [-0.4, -0.2) is 11.9 Å². The van der Waals surface area contributed by atoms with Crippen LogP contribution in [0.3, 0.4) is 0 Å². The third-order valence-electron chi connectivity index (χ3n) is 2.26. The molecule has 3 nitrogen and oxygen atoms in total. The lowest BCUT2D eigenvalue weighted by molar-refractivity contribution is 0.0398. The lowest BCUT2D eigenvalue weighted by atomic mass is 10.2. The van der Waals surface area contributed by atoms with Crippen molar-refractivity contribution < 1.29 is 14.3 Å². The molecule has 0 spiro atoms. The minimum absolute atomic E-state index is 0.358. The molecular formula is C14H9IO3. The second-order valence-electron chi connectivity index (χ2n) is 3.55. The quantitative estimate of drug-likeness (QED) is 0.473. The highest BCUT2D eigenvalue weighted by Crippen LogP contribution is 2.10. The smallest absolute Gasteiger partial charge is 0.346 e. The van der Waals surface area contributed by atoms with Gasteiger partial charge in [0.1, 0.15) is 0 Å². The van der Waals surface area contributed by atoms with Crippen LogP contribution in [0.1, 0.15) is 20.7 Å². The van der Waals surface area contributed by atoms with Crippen molar-refractivity contribution in [3.8, 4) is 0 Å². The molecule has 0 heterocycles. The monoisotopic (exact) mass is 352 g/mol. The minimum Gasteiger partial charge on any atom is -0.386 e. The summed E-state index contributed by atoms with van der Waals surface area (Å²) in [5.41, 5.74) is 0.725. The van der Waals surface area contributed by atoms with E-state index in [1.54, 1.807) is 48.5 Å². The molecule has 0 radical (unpaired) electrons. The van der Waals surface area contributed by atoms with Crippen LogP contribution in [0, 0.1) is 3.57 Å². The normalized spacial score (nSPS) is 9.83. The van der Waals surface area contributed by atoms with Gasteiger partial charge in [-0.1, -0.05) is 24.3 Å². The molecule has 2 rings (SSSR count). The molecule has 0 fully saturated rings. The third-order valence-corrected chi connectivity index (χ3v) is 2.93. The molecule has 4 heteroatoms. The number of ether oxygens (including phenoxy) is 1. The molecule has 0 aliphatic carbocycles. The molecule has 0 aliphatic rings. The number of halogens is 1. The summed E-state index contributed by atoms with van der Waals surface area (Å²) >= 11 is 2.09. The van der Waals surface area contributed by atoms with Crippen LogP contribution in [0.15, 0.2) is 54.6 Å². The average molecular weight is 352 g/mol. The molecule has 0 atom stereocenters. The van der Waals surface area contributed by atoms with Gasteiger partial charge in [-0.25, -0.2) is 9.59 Å². The van der Waals surface area contributed by atoms with Gasteiger partial charge in [-0.15, -0.1) is 0 Å². The Labute approximate surface area is 118 Å². The molecule has 0 saturated carbocycles. The van der Waals surface area contributed by atoms with Crippen molar-refractivity contribution in [1.29, 1.82) is 0 Å². The predicted molar refractivity (Wildman–Crippen MR) is 75.3 cm³/mol. The van der Waals surface area contributed by atoms with E-state index in [-0.39, 0.29) is 0 Å². The van der Waals surface area contributed by atoms with Crippen LogP contribution in [0.4, 0.5) is 0 Å². The number of esters is 2. The first-order valence-corrected chi connectivity index (χ1v) is 6.32. The number of rotatable bonds is 2. The Kier molecular flexibility index (Phi) is 4.09. The summed E-state index contributed by atoms with van der Waals surface area (Å²) in [4.78, 5) is 23.4. The molecule has 2 aromatic rings. The van der Waals surface area contributed by atoms with Gasteiger partial charge in [0.05, 0.1) is 11.1 Å². The van der Waals surface area contributed by atoms with Crippen molar-refractivity contribution in [3.63, 3.8) is 0 Å². The fourth-order valence-corrected chi connectivity index (χ4v) is 1.93. The van der Waals surface area contributed by atoms with Crippen molar-refractivity contribution >= 4 is 34.5 Å². The summed E-state index contributed by atoms with van der Waals surface area (Å²) in [7, 11) is 0. The number of carbonyl (C=O) groups excluding carboxylic acids is 2. The topological polar surface area (TPSA) is 43.4 Å². The zero-order valence-corrected chi connectivity index (χ0v) is 11.5. The maximum atomic E-state index is 11.7. The summed E-state index contributed by atoms with van der Waals surface area (Å²) in [5.74, 6) is -1.28. The van der Waals surface area contributed by atoms with Gasteiger partial charge in [-0.3, -0.25) is 0 Å². The number of benzene rings is 2. The molecule has 0 aliphatic heterocycles. The molecule has 2 aromatic carbocycles. The Morgan fingerprint density at radius 2 is 1.44 bits per heavy atom. The Morgan fingerprint density at radius 3 is 2.11 bits per heavy atom. The SMILES string of the molecule is O=C(OC(=O)c1cccc(I)c1)c1ccccc1. The van der Waals surface area contributed by atoms with E-state index in [4.69, 9.17) is 4.74 Å². The van der Waals surface area contributed by atoms with Gasteiger partial charge in [-0.05, 0) is 52.9 Å². The van der Waals surface area contributed by atoms with E-state index in [1.165, 1.54) is 0 Å². The van der Waals surface area contributed by atoms with Crippen molar-refractivity contribution in [2.75, 3.05) is 0 Å². The van der Waals surface area contributed by atoms with Crippen molar-refractivity contribution in [1.82, 2.24) is 0 Å². The maximum Gasteiger partial charge on any atom is 0.346 e. The summed E-state index contributed by atoms with van der Waals surface area (Å²) in [6, 6.07) is 15.3. The molecule has 0 saturated heterocycles. The van der Waals surface area contributed by atoms with Gasteiger partial charge in [-0.2, -0.15) is 0 Å². The summed E-state index contributed by atoms with van der Waals surface area (Å²) in [6.45, 7) is 0. The molecule has 0 bridgehead atoms. The molecule has 0 aromatic heterocycles. The predicted octanol–water partition coefficient (Wildman–Crippen LogP) is 3.29. The Hall–Kier alpha value is -1.69. The Balaban J connectivity index is 2.11. The van der Waals surface area contributed by atoms with Crippen LogP contribution < -0.4 is 0 Å². The fourth-order valence-electron chi connectivity index (χ4n) is 1.39. The van der Waals surface area contributed by atoms with E-state index in [0.717, 1.165) is 3.57 Å². The molecule has 90 valence electrons. The third kappa shape index (κ3) is 3.16. The average Bonchev–Trinajstić information content (AvgIpc) is 2.39.